The molecule has 0 spiro atoms. The van der Waals surface area contributed by atoms with Crippen LogP contribution in [0.5, 0.6) is 0 Å². The summed E-state index contributed by atoms with van der Waals surface area (Å²) in [4.78, 5) is 51.2. The number of carbonyl (C=O) groups excluding carboxylic acids is 3. The van der Waals surface area contributed by atoms with E-state index in [0.717, 1.165) is 77.0 Å². The van der Waals surface area contributed by atoms with E-state index in [1.54, 1.807) is 0 Å². The Morgan fingerprint density at radius 2 is 0.779 bits per heavy atom. The van der Waals surface area contributed by atoms with Gasteiger partial charge in [-0.15, -0.1) is 0 Å². The van der Waals surface area contributed by atoms with Crippen LogP contribution in [0.25, 0.3) is 0 Å². The minimum absolute atomic E-state index is 0.0674. The Labute approximate surface area is 470 Å². The molecule has 12 heteroatoms. The largest absolute Gasteiger partial charge is 0.479 e. The SMILES string of the molecule is CCCCC/C=C\C/C=C\CCCCCCCCCC(=O)OCC(COC1OC(C(=O)O)C(O)C(O)C1OC(=O)CCCCCCCCCCCCCCCCCCC)OC(=O)CCCCCCCCCCCCCCC. The quantitative estimate of drug-likeness (QED) is 0.0228. The third kappa shape index (κ3) is 43.7. The van der Waals surface area contributed by atoms with Gasteiger partial charge in [-0.1, -0.05) is 270 Å². The zero-order chi connectivity index (χ0) is 56.1. The average Bonchev–Trinajstić information content (AvgIpc) is 3.42. The van der Waals surface area contributed by atoms with Crippen molar-refractivity contribution < 1.29 is 58.2 Å². The van der Waals surface area contributed by atoms with Crippen LogP contribution in [0, 0.1) is 0 Å². The van der Waals surface area contributed by atoms with Crippen molar-refractivity contribution in [3.63, 3.8) is 0 Å². The van der Waals surface area contributed by atoms with Gasteiger partial charge in [0, 0.05) is 19.3 Å². The van der Waals surface area contributed by atoms with Crippen molar-refractivity contribution in [1.29, 1.82) is 0 Å². The third-order valence-corrected chi connectivity index (χ3v) is 15.0. The Morgan fingerprint density at radius 3 is 1.19 bits per heavy atom. The van der Waals surface area contributed by atoms with Crippen LogP contribution >= 0.6 is 0 Å². The molecule has 0 amide bonds. The molecule has 0 aromatic carbocycles. The Hall–Kier alpha value is -2.80. The maximum Gasteiger partial charge on any atom is 0.335 e. The second-order valence-electron chi connectivity index (χ2n) is 22.4. The number of esters is 3. The van der Waals surface area contributed by atoms with Gasteiger partial charge < -0.3 is 39.0 Å². The van der Waals surface area contributed by atoms with Gasteiger partial charge in [0.05, 0.1) is 6.61 Å². The molecule has 0 aliphatic carbocycles. The molecule has 0 saturated carbocycles. The fraction of sp³-hybridized carbons (Fsp3) is 0.877. The van der Waals surface area contributed by atoms with Crippen molar-refractivity contribution in [2.24, 2.45) is 0 Å². The van der Waals surface area contributed by atoms with Gasteiger partial charge in [0.25, 0.3) is 0 Å². The summed E-state index contributed by atoms with van der Waals surface area (Å²) in [5, 5.41) is 31.6. The first-order valence-electron chi connectivity index (χ1n) is 32.3. The minimum atomic E-state index is -1.90. The number of carboxylic acid groups (broad SMARTS) is 1. The standard InChI is InChI=1S/C65H118O12/c1-4-7-10-13-16-19-22-25-27-29-31-34-36-39-42-45-48-51-57(66)73-54-56(75-58(67)52-49-46-43-40-37-33-24-21-18-15-12-9-6-3)55-74-65-63(61(70)60(69)62(77-65)64(71)72)76-59(68)53-50-47-44-41-38-35-32-30-28-26-23-20-17-14-11-8-5-2/h16,19,25,27,56,60-63,65,69-70H,4-15,17-18,20-24,26,28-55H2,1-3H3,(H,71,72)/b19-16-,27-25-. The van der Waals surface area contributed by atoms with E-state index < -0.39 is 67.3 Å². The summed E-state index contributed by atoms with van der Waals surface area (Å²) in [5.74, 6) is -3.09. The molecule has 0 aromatic heterocycles. The summed E-state index contributed by atoms with van der Waals surface area (Å²) in [7, 11) is 0. The molecule has 12 nitrogen and oxygen atoms in total. The molecule has 6 unspecified atom stereocenters. The van der Waals surface area contributed by atoms with Crippen molar-refractivity contribution in [2.75, 3.05) is 13.2 Å². The predicted molar refractivity (Wildman–Crippen MR) is 313 cm³/mol. The highest BCUT2D eigenvalue weighted by Crippen LogP contribution is 2.27. The fourth-order valence-electron chi connectivity index (χ4n) is 10.0. The van der Waals surface area contributed by atoms with E-state index in [9.17, 15) is 34.5 Å². The number of hydrogen-bond acceptors (Lipinski definition) is 11. The normalized spacial score (nSPS) is 18.1. The highest BCUT2D eigenvalue weighted by molar-refractivity contribution is 5.74. The first kappa shape index (κ1) is 72.2. The number of aliphatic hydroxyl groups excluding tert-OH is 2. The Kier molecular flexibility index (Phi) is 50.5. The Morgan fingerprint density at radius 1 is 0.429 bits per heavy atom. The van der Waals surface area contributed by atoms with Crippen molar-refractivity contribution in [2.45, 2.75) is 353 Å². The number of unbranched alkanes of at least 4 members (excludes halogenated alkanes) is 38. The summed E-state index contributed by atoms with van der Waals surface area (Å²) in [5.41, 5.74) is 0. The van der Waals surface area contributed by atoms with Crippen molar-refractivity contribution in [3.8, 4) is 0 Å². The molecule has 3 N–H and O–H groups in total. The lowest BCUT2D eigenvalue weighted by Gasteiger charge is -2.40. The smallest absolute Gasteiger partial charge is 0.335 e. The van der Waals surface area contributed by atoms with Gasteiger partial charge in [-0.05, 0) is 51.4 Å². The highest BCUT2D eigenvalue weighted by Gasteiger charge is 2.50. The summed E-state index contributed by atoms with van der Waals surface area (Å²) >= 11 is 0. The molecule has 6 atom stereocenters. The summed E-state index contributed by atoms with van der Waals surface area (Å²) in [6.07, 6.45) is 49.9. The molecule has 1 aliphatic rings. The fourth-order valence-corrected chi connectivity index (χ4v) is 10.0. The molecule has 1 fully saturated rings. The average molecular weight is 1090 g/mol. The molecule has 0 aromatic rings. The zero-order valence-corrected chi connectivity index (χ0v) is 49.7. The monoisotopic (exact) mass is 1090 g/mol. The van der Waals surface area contributed by atoms with Crippen LogP contribution in [-0.4, -0.2) is 89.2 Å². The van der Waals surface area contributed by atoms with Crippen LogP contribution in [0.2, 0.25) is 0 Å². The van der Waals surface area contributed by atoms with Gasteiger partial charge in [0.1, 0.15) is 18.8 Å². The van der Waals surface area contributed by atoms with E-state index in [0.29, 0.717) is 19.3 Å². The molecule has 450 valence electrons. The van der Waals surface area contributed by atoms with E-state index in [1.807, 2.05) is 0 Å². The van der Waals surface area contributed by atoms with E-state index in [1.165, 1.54) is 180 Å². The number of aliphatic hydroxyl groups is 2. The van der Waals surface area contributed by atoms with Crippen molar-refractivity contribution >= 4 is 23.9 Å². The van der Waals surface area contributed by atoms with Gasteiger partial charge >= 0.3 is 23.9 Å². The number of rotatable bonds is 56. The van der Waals surface area contributed by atoms with Gasteiger partial charge in [0.15, 0.2) is 24.6 Å². The first-order valence-corrected chi connectivity index (χ1v) is 32.3. The predicted octanol–water partition coefficient (Wildman–Crippen LogP) is 17.0. The second kappa shape index (κ2) is 53.8. The number of aliphatic carboxylic acids is 1. The lowest BCUT2D eigenvalue weighted by molar-refractivity contribution is -0.301. The van der Waals surface area contributed by atoms with Crippen LogP contribution < -0.4 is 0 Å². The van der Waals surface area contributed by atoms with E-state index in [4.69, 9.17) is 23.7 Å². The molecule has 1 aliphatic heterocycles. The van der Waals surface area contributed by atoms with Gasteiger partial charge in [-0.2, -0.15) is 0 Å². The maximum atomic E-state index is 13.2. The molecule has 0 bridgehead atoms. The Balaban J connectivity index is 2.64. The van der Waals surface area contributed by atoms with Crippen LogP contribution in [0.15, 0.2) is 24.3 Å². The zero-order valence-electron chi connectivity index (χ0n) is 49.7. The number of hydrogen-bond donors (Lipinski definition) is 3. The Bertz CT molecular complexity index is 1430. The molecule has 0 radical (unpaired) electrons. The molecular formula is C65H118O12. The maximum absolute atomic E-state index is 13.2. The van der Waals surface area contributed by atoms with Gasteiger partial charge in [0.2, 0.25) is 0 Å². The van der Waals surface area contributed by atoms with Gasteiger partial charge in [-0.3, -0.25) is 14.4 Å². The lowest BCUT2D eigenvalue weighted by Crippen LogP contribution is -2.61. The van der Waals surface area contributed by atoms with E-state index in [2.05, 4.69) is 45.1 Å². The molecule has 1 rings (SSSR count). The minimum Gasteiger partial charge on any atom is -0.479 e. The van der Waals surface area contributed by atoms with Crippen molar-refractivity contribution in [3.05, 3.63) is 24.3 Å². The molecule has 1 saturated heterocycles. The molecule has 1 heterocycles. The number of allylic oxidation sites excluding steroid dienone is 4. The van der Waals surface area contributed by atoms with Crippen molar-refractivity contribution in [1.82, 2.24) is 0 Å². The molecule has 77 heavy (non-hydrogen) atoms. The topological polar surface area (TPSA) is 175 Å². The second-order valence-corrected chi connectivity index (χ2v) is 22.4. The third-order valence-electron chi connectivity index (χ3n) is 15.0. The van der Waals surface area contributed by atoms with Gasteiger partial charge in [-0.25, -0.2) is 4.79 Å². The van der Waals surface area contributed by atoms with E-state index >= 15 is 0 Å². The van der Waals surface area contributed by atoms with E-state index in [-0.39, 0.29) is 25.9 Å². The number of carbonyl (C=O) groups is 4. The summed E-state index contributed by atoms with van der Waals surface area (Å²) in [6.45, 7) is 6.01. The molecular weight excluding hydrogens is 973 g/mol. The lowest BCUT2D eigenvalue weighted by atomic mass is 9.98. The van der Waals surface area contributed by atoms with Crippen LogP contribution in [0.4, 0.5) is 0 Å². The summed E-state index contributed by atoms with van der Waals surface area (Å²) in [6, 6.07) is 0. The first-order chi connectivity index (χ1) is 37.6. The highest BCUT2D eigenvalue weighted by atomic mass is 16.7. The van der Waals surface area contributed by atoms with Crippen LogP contribution in [0.1, 0.15) is 316 Å². The summed E-state index contributed by atoms with van der Waals surface area (Å²) < 4.78 is 28.5. The number of carboxylic acids is 1. The van der Waals surface area contributed by atoms with Crippen LogP contribution in [-0.2, 0) is 42.9 Å². The van der Waals surface area contributed by atoms with Crippen LogP contribution in [0.3, 0.4) is 0 Å². The number of ether oxygens (including phenoxy) is 5.